The van der Waals surface area contributed by atoms with Gasteiger partial charge in [0.05, 0.1) is 24.9 Å². The van der Waals surface area contributed by atoms with Gasteiger partial charge in [0.25, 0.3) is 0 Å². The number of primary amides is 1. The highest BCUT2D eigenvalue weighted by Gasteiger charge is 2.24. The average Bonchev–Trinajstić information content (AvgIpc) is 3.33. The van der Waals surface area contributed by atoms with Crippen LogP contribution in [0.25, 0.3) is 16.9 Å². The van der Waals surface area contributed by atoms with E-state index in [-0.39, 0.29) is 6.04 Å². The number of nitrogens with one attached hydrogen (secondary N) is 1. The smallest absolute Gasteiger partial charge is 0.312 e. The number of ether oxygens (including phenoxy) is 2. The van der Waals surface area contributed by atoms with Gasteiger partial charge in [-0.3, -0.25) is 0 Å². The summed E-state index contributed by atoms with van der Waals surface area (Å²) in [6, 6.07) is 7.17. The molecule has 2 amide bonds. The van der Waals surface area contributed by atoms with Gasteiger partial charge in [0.2, 0.25) is 0 Å². The molecule has 152 valence electrons. The van der Waals surface area contributed by atoms with Crippen molar-refractivity contribution < 1.29 is 14.3 Å². The average molecular weight is 416 g/mol. The van der Waals surface area contributed by atoms with Crippen molar-refractivity contribution in [3.63, 3.8) is 0 Å². The molecule has 9 heteroatoms. The van der Waals surface area contributed by atoms with Crippen LogP contribution >= 0.6 is 11.6 Å². The molecule has 0 saturated carbocycles. The molecule has 29 heavy (non-hydrogen) atoms. The van der Waals surface area contributed by atoms with Crippen molar-refractivity contribution in [2.24, 2.45) is 5.73 Å². The summed E-state index contributed by atoms with van der Waals surface area (Å²) in [5, 5.41) is 3.26. The van der Waals surface area contributed by atoms with E-state index in [1.807, 2.05) is 28.9 Å². The van der Waals surface area contributed by atoms with Crippen LogP contribution in [0.3, 0.4) is 0 Å². The van der Waals surface area contributed by atoms with Gasteiger partial charge in [0, 0.05) is 54.9 Å². The van der Waals surface area contributed by atoms with Crippen molar-refractivity contribution in [2.45, 2.75) is 12.5 Å². The molecular weight excluding hydrogens is 394 g/mol. The van der Waals surface area contributed by atoms with Crippen LogP contribution in [-0.2, 0) is 0 Å². The highest BCUT2D eigenvalue weighted by Crippen LogP contribution is 2.38. The molecule has 0 radical (unpaired) electrons. The third-order valence-electron chi connectivity index (χ3n) is 5.09. The number of imidazole rings is 1. The van der Waals surface area contributed by atoms with Crippen molar-refractivity contribution in [3.8, 4) is 22.8 Å². The first-order chi connectivity index (χ1) is 14.0. The number of nitrogens with zero attached hydrogens (tertiary/aromatic N) is 3. The van der Waals surface area contributed by atoms with Gasteiger partial charge in [0.1, 0.15) is 17.1 Å². The van der Waals surface area contributed by atoms with Crippen LogP contribution in [0.4, 0.5) is 10.5 Å². The fourth-order valence-corrected chi connectivity index (χ4v) is 3.91. The molecule has 8 nitrogen and oxygen atoms in total. The maximum absolute atomic E-state index is 11.1. The number of hydrogen-bond acceptors (Lipinski definition) is 5. The van der Waals surface area contributed by atoms with E-state index in [0.29, 0.717) is 23.1 Å². The predicted octanol–water partition coefficient (Wildman–Crippen LogP) is 2.92. The highest BCUT2D eigenvalue weighted by molar-refractivity contribution is 6.32. The first-order valence-electron chi connectivity index (χ1n) is 9.20. The summed E-state index contributed by atoms with van der Waals surface area (Å²) in [4.78, 5) is 18.0. The van der Waals surface area contributed by atoms with Crippen LogP contribution in [0.2, 0.25) is 5.02 Å². The monoisotopic (exact) mass is 415 g/mol. The minimum atomic E-state index is -0.489. The Balaban J connectivity index is 1.65. The zero-order chi connectivity index (χ0) is 20.5. The summed E-state index contributed by atoms with van der Waals surface area (Å²) in [7, 11) is 3.17. The van der Waals surface area contributed by atoms with Crippen molar-refractivity contribution in [1.82, 2.24) is 14.7 Å². The quantitative estimate of drug-likeness (QED) is 0.668. The Labute approximate surface area is 173 Å². The lowest BCUT2D eigenvalue weighted by Gasteiger charge is -2.18. The summed E-state index contributed by atoms with van der Waals surface area (Å²) in [5.41, 5.74) is 8.62. The van der Waals surface area contributed by atoms with E-state index in [1.54, 1.807) is 26.4 Å². The molecule has 0 spiro atoms. The third-order valence-corrected chi connectivity index (χ3v) is 5.39. The SMILES string of the molecule is COc1cc(OC)c(-c2cn3ccc(N4CCC(NC(N)=O)C4)cc3n2)cc1Cl. The van der Waals surface area contributed by atoms with Crippen LogP contribution in [-0.4, -0.2) is 48.8 Å². The lowest BCUT2D eigenvalue weighted by molar-refractivity contribution is 0.246. The van der Waals surface area contributed by atoms with Crippen LogP contribution in [0, 0.1) is 0 Å². The van der Waals surface area contributed by atoms with Gasteiger partial charge in [-0.15, -0.1) is 0 Å². The molecule has 1 unspecified atom stereocenters. The van der Waals surface area contributed by atoms with Gasteiger partial charge >= 0.3 is 6.03 Å². The Bertz CT molecular complexity index is 1070. The number of aromatic nitrogens is 2. The zero-order valence-corrected chi connectivity index (χ0v) is 16.9. The second-order valence-corrected chi connectivity index (χ2v) is 7.31. The number of anilines is 1. The summed E-state index contributed by atoms with van der Waals surface area (Å²) in [6.07, 6.45) is 4.75. The molecule has 2 aromatic heterocycles. The number of halogens is 1. The fraction of sp³-hybridized carbons (Fsp3) is 0.300. The molecular formula is C20H22ClN5O3. The minimum Gasteiger partial charge on any atom is -0.496 e. The van der Waals surface area contributed by atoms with Crippen LogP contribution < -0.4 is 25.4 Å². The largest absolute Gasteiger partial charge is 0.496 e. The third kappa shape index (κ3) is 3.75. The summed E-state index contributed by atoms with van der Waals surface area (Å²) >= 11 is 6.31. The Morgan fingerprint density at radius 2 is 2.07 bits per heavy atom. The normalized spacial score (nSPS) is 16.2. The highest BCUT2D eigenvalue weighted by atomic mass is 35.5. The molecule has 1 aromatic carbocycles. The van der Waals surface area contributed by atoms with E-state index >= 15 is 0 Å². The van der Waals surface area contributed by atoms with Gasteiger partial charge in [0.15, 0.2) is 0 Å². The Morgan fingerprint density at radius 1 is 1.28 bits per heavy atom. The Hall–Kier alpha value is -3.13. The fourth-order valence-electron chi connectivity index (χ4n) is 3.67. The van der Waals surface area contributed by atoms with E-state index in [2.05, 4.69) is 10.2 Å². The van der Waals surface area contributed by atoms with Gasteiger partial charge in [-0.05, 0) is 18.6 Å². The van der Waals surface area contributed by atoms with Gasteiger partial charge in [-0.2, -0.15) is 0 Å². The second-order valence-electron chi connectivity index (χ2n) is 6.90. The van der Waals surface area contributed by atoms with Gasteiger partial charge < -0.3 is 29.8 Å². The van der Waals surface area contributed by atoms with Crippen LogP contribution in [0.15, 0.2) is 36.7 Å². The number of urea groups is 1. The zero-order valence-electron chi connectivity index (χ0n) is 16.2. The van der Waals surface area contributed by atoms with Crippen LogP contribution in [0.5, 0.6) is 11.5 Å². The number of benzene rings is 1. The standard InChI is InChI=1S/C20H22ClN5O3/c1-28-17-9-18(29-2)15(21)8-14(17)16-11-26-6-4-13(7-19(26)24-16)25-5-3-12(10-25)23-20(22)27/h4,6-9,11-12H,3,5,10H2,1-2H3,(H3,22,23,27). The predicted molar refractivity (Wildman–Crippen MR) is 112 cm³/mol. The Kier molecular flexibility index (Phi) is 5.10. The molecule has 1 aliphatic rings. The van der Waals surface area contributed by atoms with E-state index in [4.69, 9.17) is 31.8 Å². The number of nitrogens with two attached hydrogens (primary N) is 1. The number of hydrogen-bond donors (Lipinski definition) is 2. The second kappa shape index (κ2) is 7.71. The molecule has 0 aliphatic carbocycles. The number of carbonyl (C=O) groups is 1. The van der Waals surface area contributed by atoms with Crippen molar-refractivity contribution in [1.29, 1.82) is 0 Å². The molecule has 3 N–H and O–H groups in total. The molecule has 1 fully saturated rings. The summed E-state index contributed by atoms with van der Waals surface area (Å²) in [5.74, 6) is 1.18. The molecule has 0 bridgehead atoms. The molecule has 3 aromatic rings. The van der Waals surface area contributed by atoms with E-state index in [0.717, 1.165) is 35.6 Å². The maximum Gasteiger partial charge on any atom is 0.312 e. The van der Waals surface area contributed by atoms with Gasteiger partial charge in [-0.25, -0.2) is 9.78 Å². The lowest BCUT2D eigenvalue weighted by Crippen LogP contribution is -2.40. The number of fused-ring (bicyclic) bond motifs is 1. The number of rotatable bonds is 5. The molecule has 4 rings (SSSR count). The van der Waals surface area contributed by atoms with E-state index in [1.165, 1.54) is 0 Å². The summed E-state index contributed by atoms with van der Waals surface area (Å²) < 4.78 is 12.7. The van der Waals surface area contributed by atoms with Crippen molar-refractivity contribution in [3.05, 3.63) is 41.7 Å². The molecule has 3 heterocycles. The maximum atomic E-state index is 11.1. The van der Waals surface area contributed by atoms with E-state index < -0.39 is 6.03 Å². The van der Waals surface area contributed by atoms with Crippen molar-refractivity contribution >= 4 is 29.0 Å². The van der Waals surface area contributed by atoms with E-state index in [9.17, 15) is 4.79 Å². The number of methoxy groups -OCH3 is 2. The number of carbonyl (C=O) groups excluding carboxylic acids is 1. The Morgan fingerprint density at radius 3 is 2.79 bits per heavy atom. The topological polar surface area (TPSA) is 94.1 Å². The summed E-state index contributed by atoms with van der Waals surface area (Å²) in [6.45, 7) is 1.56. The molecule has 1 saturated heterocycles. The first-order valence-corrected chi connectivity index (χ1v) is 9.58. The van der Waals surface area contributed by atoms with Crippen molar-refractivity contribution in [2.75, 3.05) is 32.2 Å². The molecule has 1 aliphatic heterocycles. The number of amides is 2. The van der Waals surface area contributed by atoms with Crippen LogP contribution in [0.1, 0.15) is 6.42 Å². The first kappa shape index (κ1) is 19.2. The minimum absolute atomic E-state index is 0.0599. The van der Waals surface area contributed by atoms with Gasteiger partial charge in [-0.1, -0.05) is 11.6 Å². The number of pyridine rings is 1. The molecule has 1 atom stereocenters. The lowest BCUT2D eigenvalue weighted by atomic mass is 10.1.